The molecular formula is C16H18BrNO2. The van der Waals surface area contributed by atoms with Gasteiger partial charge in [-0.3, -0.25) is 0 Å². The highest BCUT2D eigenvalue weighted by atomic mass is 79.9. The highest BCUT2D eigenvalue weighted by Crippen LogP contribution is 2.32. The molecule has 0 aliphatic carbocycles. The van der Waals surface area contributed by atoms with Crippen molar-refractivity contribution in [1.82, 2.24) is 0 Å². The van der Waals surface area contributed by atoms with E-state index in [1.165, 1.54) is 0 Å². The summed E-state index contributed by atoms with van der Waals surface area (Å²) >= 11 is 3.45. The van der Waals surface area contributed by atoms with Crippen molar-refractivity contribution < 1.29 is 9.84 Å². The second-order valence-corrected chi connectivity index (χ2v) is 5.53. The van der Waals surface area contributed by atoms with Crippen LogP contribution in [0, 0.1) is 0 Å². The lowest BCUT2D eigenvalue weighted by Crippen LogP contribution is -2.20. The maximum Gasteiger partial charge on any atom is 0.119 e. The number of aliphatic hydroxyl groups excluding tert-OH is 1. The molecule has 106 valence electrons. The number of ether oxygens (including phenoxy) is 1. The van der Waals surface area contributed by atoms with Gasteiger partial charge >= 0.3 is 0 Å². The van der Waals surface area contributed by atoms with Crippen LogP contribution in [-0.4, -0.2) is 18.8 Å². The summed E-state index contributed by atoms with van der Waals surface area (Å²) in [5.41, 5.74) is 7.67. The van der Waals surface area contributed by atoms with Crippen molar-refractivity contribution in [2.75, 3.05) is 13.7 Å². The van der Waals surface area contributed by atoms with Gasteiger partial charge in [0.15, 0.2) is 0 Å². The van der Waals surface area contributed by atoms with Crippen LogP contribution in [-0.2, 0) is 0 Å². The molecular weight excluding hydrogens is 318 g/mol. The zero-order chi connectivity index (χ0) is 14.5. The minimum atomic E-state index is -0.663. The summed E-state index contributed by atoms with van der Waals surface area (Å²) in [5.74, 6) is 0.575. The van der Waals surface area contributed by atoms with Crippen LogP contribution in [0.1, 0.15) is 23.1 Å². The van der Waals surface area contributed by atoms with E-state index in [1.807, 2.05) is 48.5 Å². The molecule has 2 aromatic carbocycles. The third-order valence-corrected chi connectivity index (χ3v) is 3.84. The Hall–Kier alpha value is -1.36. The van der Waals surface area contributed by atoms with Crippen LogP contribution < -0.4 is 10.5 Å². The normalized spacial score (nSPS) is 13.8. The van der Waals surface area contributed by atoms with Gasteiger partial charge in [0.1, 0.15) is 5.75 Å². The molecule has 0 aliphatic rings. The Labute approximate surface area is 127 Å². The summed E-state index contributed by atoms with van der Waals surface area (Å²) in [4.78, 5) is 0. The Kier molecular flexibility index (Phi) is 5.17. The number of halogens is 1. The Balaban J connectivity index is 2.30. The quantitative estimate of drug-likeness (QED) is 0.881. The number of hydrogen-bond acceptors (Lipinski definition) is 3. The average Bonchev–Trinajstić information content (AvgIpc) is 2.48. The van der Waals surface area contributed by atoms with E-state index < -0.39 is 6.10 Å². The number of methoxy groups -OCH3 is 1. The SMILES string of the molecule is COc1cccc(C(O)C(CN)c2cccc(Br)c2)c1. The van der Waals surface area contributed by atoms with Crippen molar-refractivity contribution >= 4 is 15.9 Å². The van der Waals surface area contributed by atoms with Crippen LogP contribution in [0.25, 0.3) is 0 Å². The predicted molar refractivity (Wildman–Crippen MR) is 83.9 cm³/mol. The van der Waals surface area contributed by atoms with Crippen molar-refractivity contribution in [2.45, 2.75) is 12.0 Å². The highest BCUT2D eigenvalue weighted by Gasteiger charge is 2.22. The van der Waals surface area contributed by atoms with Gasteiger partial charge in [-0.2, -0.15) is 0 Å². The molecule has 0 fully saturated rings. The van der Waals surface area contributed by atoms with Crippen molar-refractivity contribution in [3.63, 3.8) is 0 Å². The molecule has 0 aromatic heterocycles. The summed E-state index contributed by atoms with van der Waals surface area (Å²) < 4.78 is 6.17. The minimum absolute atomic E-state index is 0.153. The van der Waals surface area contributed by atoms with E-state index in [0.717, 1.165) is 21.3 Å². The van der Waals surface area contributed by atoms with Gasteiger partial charge in [-0.25, -0.2) is 0 Å². The summed E-state index contributed by atoms with van der Waals surface area (Å²) in [6.45, 7) is 0.370. The number of aliphatic hydroxyl groups is 1. The first-order chi connectivity index (χ1) is 9.65. The lowest BCUT2D eigenvalue weighted by Gasteiger charge is -2.23. The Morgan fingerprint density at radius 1 is 1.15 bits per heavy atom. The lowest BCUT2D eigenvalue weighted by molar-refractivity contribution is 0.147. The van der Waals surface area contributed by atoms with E-state index in [9.17, 15) is 5.11 Å². The zero-order valence-electron chi connectivity index (χ0n) is 11.3. The van der Waals surface area contributed by atoms with Gasteiger partial charge < -0.3 is 15.6 Å². The van der Waals surface area contributed by atoms with E-state index >= 15 is 0 Å². The van der Waals surface area contributed by atoms with E-state index in [1.54, 1.807) is 7.11 Å². The maximum atomic E-state index is 10.6. The first kappa shape index (κ1) is 15.0. The Morgan fingerprint density at radius 3 is 2.50 bits per heavy atom. The van der Waals surface area contributed by atoms with E-state index in [2.05, 4.69) is 15.9 Å². The van der Waals surface area contributed by atoms with Gasteiger partial charge in [0.2, 0.25) is 0 Å². The molecule has 2 aromatic rings. The number of hydrogen-bond donors (Lipinski definition) is 2. The van der Waals surface area contributed by atoms with Gasteiger partial charge in [-0.05, 0) is 35.4 Å². The third-order valence-electron chi connectivity index (χ3n) is 3.35. The largest absolute Gasteiger partial charge is 0.497 e. The first-order valence-electron chi connectivity index (χ1n) is 6.43. The molecule has 3 nitrogen and oxygen atoms in total. The highest BCUT2D eigenvalue weighted by molar-refractivity contribution is 9.10. The topological polar surface area (TPSA) is 55.5 Å². The Morgan fingerprint density at radius 2 is 1.85 bits per heavy atom. The van der Waals surface area contributed by atoms with Crippen LogP contribution >= 0.6 is 15.9 Å². The van der Waals surface area contributed by atoms with Crippen molar-refractivity contribution in [3.8, 4) is 5.75 Å². The second kappa shape index (κ2) is 6.88. The Bertz CT molecular complexity index is 574. The fourth-order valence-electron chi connectivity index (χ4n) is 2.24. The molecule has 0 saturated heterocycles. The van der Waals surface area contributed by atoms with Crippen LogP contribution in [0.15, 0.2) is 53.0 Å². The minimum Gasteiger partial charge on any atom is -0.497 e. The molecule has 4 heteroatoms. The van der Waals surface area contributed by atoms with Gasteiger partial charge in [0.05, 0.1) is 13.2 Å². The zero-order valence-corrected chi connectivity index (χ0v) is 12.9. The molecule has 0 amide bonds. The third kappa shape index (κ3) is 3.39. The molecule has 0 spiro atoms. The monoisotopic (exact) mass is 335 g/mol. The fourth-order valence-corrected chi connectivity index (χ4v) is 2.66. The van der Waals surface area contributed by atoms with Crippen molar-refractivity contribution in [3.05, 3.63) is 64.1 Å². The summed E-state index contributed by atoms with van der Waals surface area (Å²) in [5, 5.41) is 10.6. The van der Waals surface area contributed by atoms with Gasteiger partial charge in [0.25, 0.3) is 0 Å². The predicted octanol–water partition coefficient (Wildman–Crippen LogP) is 3.23. The number of nitrogens with two attached hydrogens (primary N) is 1. The molecule has 2 atom stereocenters. The van der Waals surface area contributed by atoms with Crippen molar-refractivity contribution in [1.29, 1.82) is 0 Å². The van der Waals surface area contributed by atoms with Crippen LogP contribution in [0.3, 0.4) is 0 Å². The molecule has 2 rings (SSSR count). The molecule has 2 unspecified atom stereocenters. The van der Waals surface area contributed by atoms with E-state index in [-0.39, 0.29) is 5.92 Å². The summed E-state index contributed by atoms with van der Waals surface area (Å²) in [6.07, 6.45) is -0.663. The number of rotatable bonds is 5. The van der Waals surface area contributed by atoms with Crippen LogP contribution in [0.5, 0.6) is 5.75 Å². The van der Waals surface area contributed by atoms with Gasteiger partial charge in [-0.15, -0.1) is 0 Å². The van der Waals surface area contributed by atoms with Gasteiger partial charge in [0, 0.05) is 16.9 Å². The lowest BCUT2D eigenvalue weighted by atomic mass is 9.89. The maximum absolute atomic E-state index is 10.6. The molecule has 0 radical (unpaired) electrons. The summed E-state index contributed by atoms with van der Waals surface area (Å²) in [7, 11) is 1.61. The fraction of sp³-hybridized carbons (Fsp3) is 0.250. The molecule has 20 heavy (non-hydrogen) atoms. The van der Waals surface area contributed by atoms with Crippen molar-refractivity contribution in [2.24, 2.45) is 5.73 Å². The second-order valence-electron chi connectivity index (χ2n) is 4.62. The van der Waals surface area contributed by atoms with E-state index in [4.69, 9.17) is 10.5 Å². The molecule has 0 heterocycles. The smallest absolute Gasteiger partial charge is 0.119 e. The molecule has 0 bridgehead atoms. The molecule has 0 saturated carbocycles. The summed E-state index contributed by atoms with van der Waals surface area (Å²) in [6, 6.07) is 15.3. The number of benzene rings is 2. The first-order valence-corrected chi connectivity index (χ1v) is 7.22. The standard InChI is InChI=1S/C16H18BrNO2/c1-20-14-7-3-5-12(9-14)16(19)15(10-18)11-4-2-6-13(17)8-11/h2-9,15-16,19H,10,18H2,1H3. The van der Waals surface area contributed by atoms with Crippen LogP contribution in [0.4, 0.5) is 0 Å². The molecule has 3 N–H and O–H groups in total. The average molecular weight is 336 g/mol. The molecule has 0 aliphatic heterocycles. The van der Waals surface area contributed by atoms with E-state index in [0.29, 0.717) is 6.54 Å². The van der Waals surface area contributed by atoms with Crippen LogP contribution in [0.2, 0.25) is 0 Å². The van der Waals surface area contributed by atoms with Gasteiger partial charge in [-0.1, -0.05) is 40.2 Å².